The Morgan fingerprint density at radius 3 is 2.44 bits per heavy atom. The molecule has 18 heavy (non-hydrogen) atoms. The van der Waals surface area contributed by atoms with E-state index in [2.05, 4.69) is 24.1 Å². The maximum Gasteiger partial charge on any atom is 0.0902 e. The van der Waals surface area contributed by atoms with Crippen LogP contribution >= 0.6 is 0 Å². The van der Waals surface area contributed by atoms with Gasteiger partial charge in [0.25, 0.3) is 0 Å². The zero-order chi connectivity index (χ0) is 13.0. The maximum absolute atomic E-state index is 5.98. The Morgan fingerprint density at radius 2 is 1.94 bits per heavy atom. The minimum atomic E-state index is 0.0791. The lowest BCUT2D eigenvalue weighted by atomic mass is 10.0. The van der Waals surface area contributed by atoms with Crippen molar-refractivity contribution in [1.29, 1.82) is 0 Å². The third kappa shape index (κ3) is 3.92. The van der Waals surface area contributed by atoms with Gasteiger partial charge in [-0.2, -0.15) is 0 Å². The predicted molar refractivity (Wildman–Crippen MR) is 72.9 cm³/mol. The molecule has 0 aromatic rings. The third-order valence-electron chi connectivity index (χ3n) is 4.29. The van der Waals surface area contributed by atoms with Crippen LogP contribution in [0.1, 0.15) is 26.7 Å². The van der Waals surface area contributed by atoms with Crippen molar-refractivity contribution >= 4 is 0 Å². The Bertz CT molecular complexity index is 252. The van der Waals surface area contributed by atoms with Crippen LogP contribution in [0.5, 0.6) is 0 Å². The molecule has 1 unspecified atom stereocenters. The zero-order valence-corrected chi connectivity index (χ0v) is 12.1. The summed E-state index contributed by atoms with van der Waals surface area (Å²) in [6, 6.07) is 0.677. The first-order valence-electron chi connectivity index (χ1n) is 7.22. The molecular weight excluding hydrogens is 228 g/mol. The molecule has 2 aliphatic rings. The van der Waals surface area contributed by atoms with Crippen LogP contribution in [0.3, 0.4) is 0 Å². The molecule has 0 radical (unpaired) electrons. The van der Waals surface area contributed by atoms with Crippen LogP contribution < -0.4 is 5.32 Å². The van der Waals surface area contributed by atoms with Crippen molar-refractivity contribution < 1.29 is 9.47 Å². The van der Waals surface area contributed by atoms with E-state index in [1.807, 2.05) is 0 Å². The van der Waals surface area contributed by atoms with Gasteiger partial charge in [0.05, 0.1) is 18.8 Å². The summed E-state index contributed by atoms with van der Waals surface area (Å²) in [5.74, 6) is 0.905. The number of hydrogen-bond donors (Lipinski definition) is 1. The van der Waals surface area contributed by atoms with E-state index in [-0.39, 0.29) is 5.60 Å². The van der Waals surface area contributed by atoms with Gasteiger partial charge in [-0.3, -0.25) is 4.90 Å². The molecule has 0 aromatic carbocycles. The van der Waals surface area contributed by atoms with Gasteiger partial charge in [0.15, 0.2) is 0 Å². The van der Waals surface area contributed by atoms with E-state index in [0.29, 0.717) is 6.04 Å². The van der Waals surface area contributed by atoms with Gasteiger partial charge >= 0.3 is 0 Å². The first-order valence-corrected chi connectivity index (χ1v) is 7.22. The first kappa shape index (κ1) is 14.3. The number of ether oxygens (including phenoxy) is 2. The van der Waals surface area contributed by atoms with Crippen molar-refractivity contribution in [2.75, 3.05) is 46.5 Å². The first-order chi connectivity index (χ1) is 8.64. The van der Waals surface area contributed by atoms with Gasteiger partial charge in [-0.1, -0.05) is 0 Å². The molecule has 4 nitrogen and oxygen atoms in total. The largest absolute Gasteiger partial charge is 0.383 e. The lowest BCUT2D eigenvalue weighted by Gasteiger charge is -2.40. The topological polar surface area (TPSA) is 33.7 Å². The molecule has 1 aliphatic heterocycles. The fourth-order valence-corrected chi connectivity index (χ4v) is 2.59. The highest BCUT2D eigenvalue weighted by atomic mass is 16.5. The SMILES string of the molecule is COCCN(CCOC1(C)CNC1)C(C)C1CC1. The van der Waals surface area contributed by atoms with Crippen LogP contribution in [0.25, 0.3) is 0 Å². The van der Waals surface area contributed by atoms with Crippen LogP contribution in [0.15, 0.2) is 0 Å². The van der Waals surface area contributed by atoms with Crippen LogP contribution in [0.2, 0.25) is 0 Å². The third-order valence-corrected chi connectivity index (χ3v) is 4.29. The van der Waals surface area contributed by atoms with Crippen LogP contribution in [0.4, 0.5) is 0 Å². The lowest BCUT2D eigenvalue weighted by Crippen LogP contribution is -2.59. The Kier molecular flexibility index (Phi) is 5.01. The molecule has 1 saturated heterocycles. The molecule has 0 amide bonds. The standard InChI is InChI=1S/C14H28N2O2/c1-12(13-4-5-13)16(6-8-17-3)7-9-18-14(2)10-15-11-14/h12-13,15H,4-11H2,1-3H3. The summed E-state index contributed by atoms with van der Waals surface area (Å²) in [6.07, 6.45) is 2.79. The molecule has 1 heterocycles. The van der Waals surface area contributed by atoms with Gasteiger partial charge in [-0.05, 0) is 32.6 Å². The summed E-state index contributed by atoms with van der Waals surface area (Å²) in [5.41, 5.74) is 0.0791. The zero-order valence-electron chi connectivity index (χ0n) is 12.1. The normalized spacial score (nSPS) is 24.0. The fourth-order valence-electron chi connectivity index (χ4n) is 2.59. The maximum atomic E-state index is 5.98. The number of nitrogens with one attached hydrogen (secondary N) is 1. The molecule has 1 N–H and O–H groups in total. The van der Waals surface area contributed by atoms with E-state index < -0.39 is 0 Å². The molecule has 106 valence electrons. The number of nitrogens with zero attached hydrogens (tertiary/aromatic N) is 1. The quantitative estimate of drug-likeness (QED) is 0.670. The number of hydrogen-bond acceptors (Lipinski definition) is 4. The van der Waals surface area contributed by atoms with E-state index >= 15 is 0 Å². The minimum Gasteiger partial charge on any atom is -0.383 e. The Labute approximate surface area is 111 Å². The predicted octanol–water partition coefficient (Wildman–Crippen LogP) is 1.11. The van der Waals surface area contributed by atoms with Crippen LogP contribution in [-0.4, -0.2) is 63.0 Å². The molecule has 1 atom stereocenters. The second kappa shape index (κ2) is 6.33. The average Bonchev–Trinajstić information content (AvgIpc) is 3.14. The van der Waals surface area contributed by atoms with E-state index in [4.69, 9.17) is 9.47 Å². The molecule has 0 bridgehead atoms. The molecule has 1 aliphatic carbocycles. The van der Waals surface area contributed by atoms with Crippen LogP contribution in [-0.2, 0) is 9.47 Å². The summed E-state index contributed by atoms with van der Waals surface area (Å²) < 4.78 is 11.2. The monoisotopic (exact) mass is 256 g/mol. The molecule has 4 heteroatoms. The van der Waals surface area contributed by atoms with Crippen molar-refractivity contribution in [3.05, 3.63) is 0 Å². The minimum absolute atomic E-state index is 0.0791. The van der Waals surface area contributed by atoms with Crippen molar-refractivity contribution in [2.24, 2.45) is 5.92 Å². The second-order valence-electron chi connectivity index (χ2n) is 6.01. The lowest BCUT2D eigenvalue weighted by molar-refractivity contribution is -0.0755. The van der Waals surface area contributed by atoms with Gasteiger partial charge in [-0.25, -0.2) is 0 Å². The summed E-state index contributed by atoms with van der Waals surface area (Å²) in [6.45, 7) is 10.2. The Balaban J connectivity index is 1.69. The summed E-state index contributed by atoms with van der Waals surface area (Å²) in [7, 11) is 1.78. The van der Waals surface area contributed by atoms with Gasteiger partial charge < -0.3 is 14.8 Å². The second-order valence-corrected chi connectivity index (χ2v) is 6.01. The van der Waals surface area contributed by atoms with Gasteiger partial charge in [-0.15, -0.1) is 0 Å². The highest BCUT2D eigenvalue weighted by Crippen LogP contribution is 2.35. The van der Waals surface area contributed by atoms with Gasteiger partial charge in [0.1, 0.15) is 0 Å². The van der Waals surface area contributed by atoms with Crippen molar-refractivity contribution in [3.8, 4) is 0 Å². The van der Waals surface area contributed by atoms with E-state index in [9.17, 15) is 0 Å². The highest BCUT2D eigenvalue weighted by molar-refractivity contribution is 4.90. The molecular formula is C14H28N2O2. The van der Waals surface area contributed by atoms with Gasteiger partial charge in [0.2, 0.25) is 0 Å². The summed E-state index contributed by atoms with van der Waals surface area (Å²) in [5, 5.41) is 3.27. The molecule has 0 aromatic heterocycles. The number of methoxy groups -OCH3 is 1. The van der Waals surface area contributed by atoms with Crippen LogP contribution in [0, 0.1) is 5.92 Å². The smallest absolute Gasteiger partial charge is 0.0902 e. The molecule has 0 spiro atoms. The van der Waals surface area contributed by atoms with E-state index in [1.165, 1.54) is 12.8 Å². The number of rotatable bonds is 9. The van der Waals surface area contributed by atoms with Crippen molar-refractivity contribution in [2.45, 2.75) is 38.3 Å². The van der Waals surface area contributed by atoms with E-state index in [0.717, 1.165) is 45.3 Å². The Hall–Kier alpha value is -0.160. The Morgan fingerprint density at radius 1 is 1.28 bits per heavy atom. The van der Waals surface area contributed by atoms with Crippen molar-refractivity contribution in [1.82, 2.24) is 10.2 Å². The molecule has 1 saturated carbocycles. The summed E-state index contributed by atoms with van der Waals surface area (Å²) in [4.78, 5) is 2.52. The fraction of sp³-hybridized carbons (Fsp3) is 1.00. The van der Waals surface area contributed by atoms with Crippen molar-refractivity contribution in [3.63, 3.8) is 0 Å². The summed E-state index contributed by atoms with van der Waals surface area (Å²) >= 11 is 0. The van der Waals surface area contributed by atoms with E-state index in [1.54, 1.807) is 7.11 Å². The molecule has 2 fully saturated rings. The van der Waals surface area contributed by atoms with Gasteiger partial charge in [0, 0.05) is 39.3 Å². The highest BCUT2D eigenvalue weighted by Gasteiger charge is 2.34. The average molecular weight is 256 g/mol. The molecule has 2 rings (SSSR count).